The van der Waals surface area contributed by atoms with E-state index >= 15 is 0 Å². The lowest BCUT2D eigenvalue weighted by molar-refractivity contribution is 1.75. The molecule has 4 aromatic rings. The van der Waals surface area contributed by atoms with E-state index in [-0.39, 0.29) is 12.4 Å². The number of anilines is 1. The van der Waals surface area contributed by atoms with Crippen LogP contribution in [-0.4, -0.2) is 0 Å². The molecule has 0 radical (unpaired) electrons. The summed E-state index contributed by atoms with van der Waals surface area (Å²) in [5.74, 6) is 0. The van der Waals surface area contributed by atoms with Gasteiger partial charge in [-0.3, -0.25) is 0 Å². The summed E-state index contributed by atoms with van der Waals surface area (Å²) < 4.78 is 0. The van der Waals surface area contributed by atoms with Crippen LogP contribution in [0.2, 0.25) is 0 Å². The molecule has 2 N–H and O–H groups in total. The molecule has 4 aromatic carbocycles. The van der Waals surface area contributed by atoms with Gasteiger partial charge < -0.3 is 5.73 Å². The monoisotopic (exact) mass is 279 g/mol. The van der Waals surface area contributed by atoms with Crippen molar-refractivity contribution in [2.75, 3.05) is 5.73 Å². The molecule has 0 aliphatic rings. The largest absolute Gasteiger partial charge is 0.399 e. The maximum Gasteiger partial charge on any atom is 0.0320 e. The van der Waals surface area contributed by atoms with E-state index in [1.807, 2.05) is 6.07 Å². The predicted octanol–water partition coefficient (Wildman–Crippen LogP) is 5.15. The third-order valence-electron chi connectivity index (χ3n) is 3.75. The lowest BCUT2D eigenvalue weighted by Crippen LogP contribution is -1.85. The highest BCUT2D eigenvalue weighted by Gasteiger charge is 2.05. The molecule has 0 aromatic heterocycles. The van der Waals surface area contributed by atoms with Gasteiger partial charge in [0.1, 0.15) is 0 Å². The van der Waals surface area contributed by atoms with E-state index in [4.69, 9.17) is 5.73 Å². The first-order chi connectivity index (χ1) is 9.33. The zero-order valence-corrected chi connectivity index (χ0v) is 11.7. The van der Waals surface area contributed by atoms with E-state index in [2.05, 4.69) is 60.7 Å². The number of nitrogens with two attached hydrogens (primary N) is 1. The standard InChI is InChI=1S/C18H13N.ClH/c19-15-10-9-13-6-8-14-7-5-12-3-1-2-4-16(12)18(14)17(13)11-15;/h1-11H,19H2;1H. The van der Waals surface area contributed by atoms with Crippen molar-refractivity contribution in [3.8, 4) is 0 Å². The maximum atomic E-state index is 5.96. The molecular weight excluding hydrogens is 266 g/mol. The van der Waals surface area contributed by atoms with Gasteiger partial charge in [-0.05, 0) is 44.5 Å². The summed E-state index contributed by atoms with van der Waals surface area (Å²) in [7, 11) is 0. The first-order valence-corrected chi connectivity index (χ1v) is 6.43. The van der Waals surface area contributed by atoms with Crippen molar-refractivity contribution in [3.05, 3.63) is 66.7 Å². The van der Waals surface area contributed by atoms with Gasteiger partial charge in [0.05, 0.1) is 0 Å². The first kappa shape index (κ1) is 12.8. The molecule has 0 amide bonds. The fraction of sp³-hybridized carbons (Fsp3) is 0. The van der Waals surface area contributed by atoms with Crippen molar-refractivity contribution in [2.24, 2.45) is 0 Å². The van der Waals surface area contributed by atoms with Crippen LogP contribution in [0, 0.1) is 0 Å². The third kappa shape index (κ3) is 1.79. The van der Waals surface area contributed by atoms with E-state index in [0.29, 0.717) is 0 Å². The quantitative estimate of drug-likeness (QED) is 0.350. The molecule has 98 valence electrons. The molecule has 0 aliphatic carbocycles. The molecular formula is C18H14ClN. The van der Waals surface area contributed by atoms with Crippen LogP contribution in [0.1, 0.15) is 0 Å². The van der Waals surface area contributed by atoms with Crippen molar-refractivity contribution in [1.29, 1.82) is 0 Å². The van der Waals surface area contributed by atoms with Crippen LogP contribution in [0.4, 0.5) is 5.69 Å². The summed E-state index contributed by atoms with van der Waals surface area (Å²) in [6, 6.07) is 23.3. The van der Waals surface area contributed by atoms with Gasteiger partial charge in [-0.2, -0.15) is 0 Å². The molecule has 2 heteroatoms. The number of hydrogen-bond donors (Lipinski definition) is 1. The van der Waals surface area contributed by atoms with Gasteiger partial charge in [0.25, 0.3) is 0 Å². The number of hydrogen-bond acceptors (Lipinski definition) is 1. The van der Waals surface area contributed by atoms with Crippen molar-refractivity contribution in [1.82, 2.24) is 0 Å². The van der Waals surface area contributed by atoms with Crippen LogP contribution >= 0.6 is 12.4 Å². The molecule has 4 rings (SSSR count). The Morgan fingerprint density at radius 3 is 2.00 bits per heavy atom. The Balaban J connectivity index is 0.00000121. The summed E-state index contributed by atoms with van der Waals surface area (Å²) in [6.45, 7) is 0. The van der Waals surface area contributed by atoms with Crippen LogP contribution in [0.15, 0.2) is 66.7 Å². The van der Waals surface area contributed by atoms with Gasteiger partial charge in [0, 0.05) is 5.69 Å². The van der Waals surface area contributed by atoms with Crippen molar-refractivity contribution in [2.45, 2.75) is 0 Å². The molecule has 0 saturated heterocycles. The lowest BCUT2D eigenvalue weighted by Gasteiger charge is -2.08. The highest BCUT2D eigenvalue weighted by molar-refractivity contribution is 6.20. The molecule has 0 saturated carbocycles. The SMILES string of the molecule is Cl.Nc1ccc2ccc3ccc4ccccc4c3c2c1. The summed E-state index contributed by atoms with van der Waals surface area (Å²) in [5.41, 5.74) is 6.77. The van der Waals surface area contributed by atoms with E-state index in [9.17, 15) is 0 Å². The van der Waals surface area contributed by atoms with Gasteiger partial charge in [0.2, 0.25) is 0 Å². The number of rotatable bonds is 0. The fourth-order valence-corrected chi connectivity index (χ4v) is 2.84. The first-order valence-electron chi connectivity index (χ1n) is 6.43. The summed E-state index contributed by atoms with van der Waals surface area (Å²) in [4.78, 5) is 0. The molecule has 0 bridgehead atoms. The van der Waals surface area contributed by atoms with Gasteiger partial charge in [0.15, 0.2) is 0 Å². The van der Waals surface area contributed by atoms with Gasteiger partial charge >= 0.3 is 0 Å². The topological polar surface area (TPSA) is 26.0 Å². The van der Waals surface area contributed by atoms with Crippen LogP contribution in [0.5, 0.6) is 0 Å². The molecule has 0 aliphatic heterocycles. The van der Waals surface area contributed by atoms with Crippen LogP contribution < -0.4 is 5.73 Å². The second-order valence-electron chi connectivity index (χ2n) is 4.93. The molecule has 0 unspecified atom stereocenters. The lowest BCUT2D eigenvalue weighted by atomic mass is 9.96. The highest BCUT2D eigenvalue weighted by Crippen LogP contribution is 2.32. The summed E-state index contributed by atoms with van der Waals surface area (Å²) in [5, 5.41) is 7.58. The zero-order chi connectivity index (χ0) is 12.8. The molecule has 0 fully saturated rings. The van der Waals surface area contributed by atoms with Crippen LogP contribution in [-0.2, 0) is 0 Å². The van der Waals surface area contributed by atoms with Crippen LogP contribution in [0.25, 0.3) is 32.3 Å². The number of fused-ring (bicyclic) bond motifs is 5. The van der Waals surface area contributed by atoms with E-state index < -0.39 is 0 Å². The van der Waals surface area contributed by atoms with Crippen molar-refractivity contribution >= 4 is 50.4 Å². The molecule has 0 atom stereocenters. The Labute approximate surface area is 123 Å². The predicted molar refractivity (Wildman–Crippen MR) is 90.6 cm³/mol. The Kier molecular flexibility index (Phi) is 3.00. The summed E-state index contributed by atoms with van der Waals surface area (Å²) in [6.07, 6.45) is 0. The van der Waals surface area contributed by atoms with E-state index in [0.717, 1.165) is 5.69 Å². The second kappa shape index (κ2) is 4.69. The minimum absolute atomic E-state index is 0. The molecule has 0 heterocycles. The van der Waals surface area contributed by atoms with E-state index in [1.165, 1.54) is 32.3 Å². The average Bonchev–Trinajstić information content (AvgIpc) is 2.46. The molecule has 20 heavy (non-hydrogen) atoms. The number of benzene rings is 4. The number of nitrogen functional groups attached to an aromatic ring is 1. The van der Waals surface area contributed by atoms with Crippen LogP contribution in [0.3, 0.4) is 0 Å². The number of halogens is 1. The molecule has 1 nitrogen and oxygen atoms in total. The minimum atomic E-state index is 0. The average molecular weight is 280 g/mol. The molecule has 0 spiro atoms. The zero-order valence-electron chi connectivity index (χ0n) is 10.8. The second-order valence-corrected chi connectivity index (χ2v) is 4.93. The summed E-state index contributed by atoms with van der Waals surface area (Å²) >= 11 is 0. The van der Waals surface area contributed by atoms with Crippen molar-refractivity contribution in [3.63, 3.8) is 0 Å². The Hall–Kier alpha value is -2.25. The van der Waals surface area contributed by atoms with E-state index in [1.54, 1.807) is 0 Å². The Morgan fingerprint density at radius 2 is 1.20 bits per heavy atom. The maximum absolute atomic E-state index is 5.96. The Morgan fingerprint density at radius 1 is 0.600 bits per heavy atom. The normalized spacial score (nSPS) is 10.8. The van der Waals surface area contributed by atoms with Gasteiger partial charge in [-0.15, -0.1) is 12.4 Å². The van der Waals surface area contributed by atoms with Gasteiger partial charge in [-0.25, -0.2) is 0 Å². The highest BCUT2D eigenvalue weighted by atomic mass is 35.5. The fourth-order valence-electron chi connectivity index (χ4n) is 2.84. The third-order valence-corrected chi connectivity index (χ3v) is 3.75. The minimum Gasteiger partial charge on any atom is -0.399 e. The Bertz CT molecular complexity index is 923. The smallest absolute Gasteiger partial charge is 0.0320 e. The van der Waals surface area contributed by atoms with Gasteiger partial charge in [-0.1, -0.05) is 54.6 Å². The van der Waals surface area contributed by atoms with Crippen molar-refractivity contribution < 1.29 is 0 Å².